The lowest BCUT2D eigenvalue weighted by Gasteiger charge is -2.09. The van der Waals surface area contributed by atoms with Crippen LogP contribution < -0.4 is 4.74 Å². The van der Waals surface area contributed by atoms with E-state index < -0.39 is 12.4 Å². The van der Waals surface area contributed by atoms with E-state index in [-0.39, 0.29) is 5.75 Å². The van der Waals surface area contributed by atoms with Gasteiger partial charge in [-0.3, -0.25) is 0 Å². The predicted octanol–water partition coefficient (Wildman–Crippen LogP) is 5.49. The van der Waals surface area contributed by atoms with E-state index in [0.717, 1.165) is 6.08 Å². The van der Waals surface area contributed by atoms with Crippen LogP contribution in [-0.2, 0) is 0 Å². The largest absolute Gasteiger partial charge is 0.573 e. The van der Waals surface area contributed by atoms with Crippen molar-refractivity contribution in [3.8, 4) is 16.9 Å². The van der Waals surface area contributed by atoms with E-state index in [1.54, 1.807) is 12.1 Å². The van der Waals surface area contributed by atoms with Gasteiger partial charge in [-0.1, -0.05) is 36.4 Å². The highest BCUT2D eigenvalue weighted by molar-refractivity contribution is 5.66. The van der Waals surface area contributed by atoms with Crippen LogP contribution in [-0.4, -0.2) is 6.36 Å². The van der Waals surface area contributed by atoms with Gasteiger partial charge in [-0.25, -0.2) is 0 Å². The van der Waals surface area contributed by atoms with Crippen LogP contribution in [0.5, 0.6) is 5.75 Å². The zero-order chi connectivity index (χ0) is 15.5. The standard InChI is InChI=1S/C15H9F5O/c16-14(17)9-10-1-3-11(4-2-10)12-5-7-13(8-6-12)21-15(18,19)20/h1-9H. The lowest BCUT2D eigenvalue weighted by Crippen LogP contribution is -2.16. The highest BCUT2D eigenvalue weighted by atomic mass is 19.4. The first-order valence-electron chi connectivity index (χ1n) is 5.82. The van der Waals surface area contributed by atoms with Crippen molar-refractivity contribution in [2.24, 2.45) is 0 Å². The van der Waals surface area contributed by atoms with E-state index in [9.17, 15) is 22.0 Å². The van der Waals surface area contributed by atoms with Crippen LogP contribution in [0.3, 0.4) is 0 Å². The van der Waals surface area contributed by atoms with E-state index in [4.69, 9.17) is 0 Å². The minimum Gasteiger partial charge on any atom is -0.406 e. The maximum absolute atomic E-state index is 12.1. The minimum atomic E-state index is -4.73. The summed E-state index contributed by atoms with van der Waals surface area (Å²) in [5.74, 6) is -0.315. The smallest absolute Gasteiger partial charge is 0.406 e. The van der Waals surface area contributed by atoms with Crippen molar-refractivity contribution in [1.82, 2.24) is 0 Å². The molecule has 2 aromatic carbocycles. The quantitative estimate of drug-likeness (QED) is 0.681. The maximum Gasteiger partial charge on any atom is 0.573 e. The molecule has 0 N–H and O–H groups in total. The molecule has 0 saturated carbocycles. The second-order valence-electron chi connectivity index (χ2n) is 4.13. The van der Waals surface area contributed by atoms with Crippen molar-refractivity contribution >= 4 is 6.08 Å². The van der Waals surface area contributed by atoms with Crippen LogP contribution in [0.15, 0.2) is 54.6 Å². The summed E-state index contributed by atoms with van der Waals surface area (Å²) in [6.07, 6.45) is -5.80. The van der Waals surface area contributed by atoms with Gasteiger partial charge in [0.2, 0.25) is 0 Å². The zero-order valence-electron chi connectivity index (χ0n) is 10.5. The third kappa shape index (κ3) is 4.59. The van der Waals surface area contributed by atoms with Gasteiger partial charge < -0.3 is 4.74 Å². The van der Waals surface area contributed by atoms with Crippen LogP contribution in [0.4, 0.5) is 22.0 Å². The van der Waals surface area contributed by atoms with Crippen molar-refractivity contribution in [1.29, 1.82) is 0 Å². The Morgan fingerprint density at radius 1 is 0.810 bits per heavy atom. The first-order valence-corrected chi connectivity index (χ1v) is 5.82. The highest BCUT2D eigenvalue weighted by Gasteiger charge is 2.30. The monoisotopic (exact) mass is 300 g/mol. The van der Waals surface area contributed by atoms with Crippen molar-refractivity contribution in [2.75, 3.05) is 0 Å². The predicted molar refractivity (Wildman–Crippen MR) is 68.8 cm³/mol. The molecule has 0 saturated heterocycles. The maximum atomic E-state index is 12.1. The van der Waals surface area contributed by atoms with Crippen LogP contribution in [0.2, 0.25) is 0 Å². The molecule has 0 spiro atoms. The lowest BCUT2D eigenvalue weighted by atomic mass is 10.0. The number of rotatable bonds is 3. The molecular formula is C15H9F5O. The van der Waals surface area contributed by atoms with Gasteiger partial charge in [-0.2, -0.15) is 8.78 Å². The molecule has 0 radical (unpaired) electrons. The first kappa shape index (κ1) is 15.0. The van der Waals surface area contributed by atoms with Gasteiger partial charge in [0.05, 0.1) is 0 Å². The number of hydrogen-bond donors (Lipinski definition) is 0. The molecule has 21 heavy (non-hydrogen) atoms. The zero-order valence-corrected chi connectivity index (χ0v) is 10.5. The van der Waals surface area contributed by atoms with Crippen molar-refractivity contribution in [2.45, 2.75) is 6.36 Å². The Morgan fingerprint density at radius 3 is 1.71 bits per heavy atom. The Bertz CT molecular complexity index is 623. The van der Waals surface area contributed by atoms with Crippen LogP contribution >= 0.6 is 0 Å². The summed E-state index contributed by atoms with van der Waals surface area (Å²) in [5, 5.41) is 0. The molecule has 0 amide bonds. The summed E-state index contributed by atoms with van der Waals surface area (Å²) in [7, 11) is 0. The summed E-state index contributed by atoms with van der Waals surface area (Å²) in [6, 6.07) is 11.5. The highest BCUT2D eigenvalue weighted by Crippen LogP contribution is 2.26. The number of ether oxygens (including phenoxy) is 1. The number of halogens is 5. The first-order chi connectivity index (χ1) is 9.83. The van der Waals surface area contributed by atoms with Crippen LogP contribution in [0.25, 0.3) is 17.2 Å². The number of hydrogen-bond acceptors (Lipinski definition) is 1. The van der Waals surface area contributed by atoms with Gasteiger partial charge >= 0.3 is 6.36 Å². The van der Waals surface area contributed by atoms with E-state index >= 15 is 0 Å². The molecule has 0 aliphatic rings. The van der Waals surface area contributed by atoms with Crippen molar-refractivity contribution in [3.63, 3.8) is 0 Å². The van der Waals surface area contributed by atoms with E-state index in [2.05, 4.69) is 4.74 Å². The van der Waals surface area contributed by atoms with E-state index in [1.165, 1.54) is 36.4 Å². The minimum absolute atomic E-state index is 0.315. The fourth-order valence-corrected chi connectivity index (χ4v) is 1.75. The Kier molecular flexibility index (Phi) is 4.26. The van der Waals surface area contributed by atoms with Gasteiger partial charge in [0, 0.05) is 6.08 Å². The summed E-state index contributed by atoms with van der Waals surface area (Å²) >= 11 is 0. The van der Waals surface area contributed by atoms with Crippen molar-refractivity contribution < 1.29 is 26.7 Å². The molecule has 0 aliphatic carbocycles. The molecule has 0 unspecified atom stereocenters. The molecule has 0 fully saturated rings. The molecule has 0 aliphatic heterocycles. The molecule has 2 rings (SSSR count). The fourth-order valence-electron chi connectivity index (χ4n) is 1.75. The molecule has 6 heteroatoms. The molecule has 110 valence electrons. The molecule has 0 bridgehead atoms. The van der Waals surface area contributed by atoms with Gasteiger partial charge in [0.15, 0.2) is 0 Å². The van der Waals surface area contributed by atoms with Gasteiger partial charge in [-0.05, 0) is 28.8 Å². The Labute approximate surface area is 117 Å². The number of alkyl halides is 3. The van der Waals surface area contributed by atoms with E-state index in [0.29, 0.717) is 16.7 Å². The molecular weight excluding hydrogens is 291 g/mol. The molecule has 0 aromatic heterocycles. The Hall–Kier alpha value is -2.37. The average Bonchev–Trinajstić information content (AvgIpc) is 2.38. The summed E-state index contributed by atoms with van der Waals surface area (Å²) < 4.78 is 64.0. The second-order valence-corrected chi connectivity index (χ2v) is 4.13. The Balaban J connectivity index is 2.17. The lowest BCUT2D eigenvalue weighted by molar-refractivity contribution is -0.274. The number of benzene rings is 2. The summed E-state index contributed by atoms with van der Waals surface area (Å²) in [5.41, 5.74) is 1.70. The third-order valence-electron chi connectivity index (χ3n) is 2.61. The van der Waals surface area contributed by atoms with E-state index in [1.807, 2.05) is 0 Å². The normalized spacial score (nSPS) is 11.1. The molecule has 1 nitrogen and oxygen atoms in total. The topological polar surface area (TPSA) is 9.23 Å². The average molecular weight is 300 g/mol. The SMILES string of the molecule is FC(F)=Cc1ccc(-c2ccc(OC(F)(F)F)cc2)cc1. The van der Waals surface area contributed by atoms with Gasteiger partial charge in [0.25, 0.3) is 6.08 Å². The van der Waals surface area contributed by atoms with Gasteiger partial charge in [-0.15, -0.1) is 13.2 Å². The fraction of sp³-hybridized carbons (Fsp3) is 0.0667. The van der Waals surface area contributed by atoms with Gasteiger partial charge in [0.1, 0.15) is 5.75 Å². The third-order valence-corrected chi connectivity index (χ3v) is 2.61. The van der Waals surface area contributed by atoms with Crippen LogP contribution in [0.1, 0.15) is 5.56 Å². The molecule has 0 heterocycles. The second kappa shape index (κ2) is 5.95. The Morgan fingerprint density at radius 2 is 1.29 bits per heavy atom. The van der Waals surface area contributed by atoms with Crippen LogP contribution in [0, 0.1) is 0 Å². The summed E-state index contributed by atoms with van der Waals surface area (Å²) in [4.78, 5) is 0. The summed E-state index contributed by atoms with van der Waals surface area (Å²) in [6.45, 7) is 0. The molecule has 2 aromatic rings. The molecule has 0 atom stereocenters. The van der Waals surface area contributed by atoms with Crippen molar-refractivity contribution in [3.05, 3.63) is 60.2 Å².